The SMILES string of the molecule is CCCCOCCCNC1CCCNCC1. The molecular weight excluding hydrogens is 200 g/mol. The van der Waals surface area contributed by atoms with Gasteiger partial charge in [0.05, 0.1) is 0 Å². The summed E-state index contributed by atoms with van der Waals surface area (Å²) in [5.41, 5.74) is 0. The first-order chi connectivity index (χ1) is 7.93. The fourth-order valence-electron chi connectivity index (χ4n) is 2.05. The average Bonchev–Trinajstić information content (AvgIpc) is 2.56. The van der Waals surface area contributed by atoms with Gasteiger partial charge < -0.3 is 15.4 Å². The molecule has 16 heavy (non-hydrogen) atoms. The van der Waals surface area contributed by atoms with E-state index >= 15 is 0 Å². The number of unbranched alkanes of at least 4 members (excludes halogenated alkanes) is 1. The Morgan fingerprint density at radius 2 is 2.06 bits per heavy atom. The highest BCUT2D eigenvalue weighted by atomic mass is 16.5. The van der Waals surface area contributed by atoms with Crippen LogP contribution in [0, 0.1) is 0 Å². The van der Waals surface area contributed by atoms with Crippen molar-refractivity contribution in [2.24, 2.45) is 0 Å². The van der Waals surface area contributed by atoms with Crippen molar-refractivity contribution >= 4 is 0 Å². The molecule has 0 aliphatic carbocycles. The van der Waals surface area contributed by atoms with E-state index in [2.05, 4.69) is 17.6 Å². The van der Waals surface area contributed by atoms with Crippen molar-refractivity contribution < 1.29 is 4.74 Å². The fourth-order valence-corrected chi connectivity index (χ4v) is 2.05. The molecule has 0 amide bonds. The lowest BCUT2D eigenvalue weighted by Gasteiger charge is -2.15. The summed E-state index contributed by atoms with van der Waals surface area (Å²) in [7, 11) is 0. The molecule has 0 aromatic heterocycles. The first-order valence-electron chi connectivity index (χ1n) is 6.95. The zero-order valence-corrected chi connectivity index (χ0v) is 10.8. The summed E-state index contributed by atoms with van der Waals surface area (Å²) >= 11 is 0. The first kappa shape index (κ1) is 13.9. The molecule has 0 spiro atoms. The maximum atomic E-state index is 5.54. The Morgan fingerprint density at radius 3 is 2.94 bits per heavy atom. The molecule has 0 aromatic carbocycles. The summed E-state index contributed by atoms with van der Waals surface area (Å²) in [6.45, 7) is 7.52. The zero-order chi connectivity index (χ0) is 11.5. The third-order valence-electron chi connectivity index (χ3n) is 3.12. The minimum atomic E-state index is 0.727. The monoisotopic (exact) mass is 228 g/mol. The van der Waals surface area contributed by atoms with Gasteiger partial charge >= 0.3 is 0 Å². The Bertz CT molecular complexity index is 145. The van der Waals surface area contributed by atoms with Crippen LogP contribution in [0.4, 0.5) is 0 Å². The Hall–Kier alpha value is -0.120. The molecule has 1 heterocycles. The number of ether oxygens (including phenoxy) is 1. The molecule has 1 unspecified atom stereocenters. The van der Waals surface area contributed by atoms with Crippen LogP contribution < -0.4 is 10.6 Å². The van der Waals surface area contributed by atoms with Crippen LogP contribution in [-0.2, 0) is 4.74 Å². The van der Waals surface area contributed by atoms with Crippen LogP contribution in [-0.4, -0.2) is 38.9 Å². The molecule has 0 aromatic rings. The van der Waals surface area contributed by atoms with E-state index in [9.17, 15) is 0 Å². The molecule has 1 rings (SSSR count). The predicted octanol–water partition coefficient (Wildman–Crippen LogP) is 1.92. The summed E-state index contributed by atoms with van der Waals surface area (Å²) in [5.74, 6) is 0. The number of rotatable bonds is 8. The van der Waals surface area contributed by atoms with E-state index in [0.29, 0.717) is 0 Å². The Kier molecular flexibility index (Phi) is 8.77. The van der Waals surface area contributed by atoms with Crippen LogP contribution in [0.2, 0.25) is 0 Å². The molecule has 1 aliphatic rings. The van der Waals surface area contributed by atoms with Crippen molar-refractivity contribution in [2.75, 3.05) is 32.8 Å². The van der Waals surface area contributed by atoms with Gasteiger partial charge in [0.25, 0.3) is 0 Å². The van der Waals surface area contributed by atoms with E-state index in [-0.39, 0.29) is 0 Å². The minimum absolute atomic E-state index is 0.727. The average molecular weight is 228 g/mol. The second-order valence-corrected chi connectivity index (χ2v) is 4.65. The molecule has 3 heteroatoms. The van der Waals surface area contributed by atoms with Gasteiger partial charge in [-0.25, -0.2) is 0 Å². The molecule has 96 valence electrons. The van der Waals surface area contributed by atoms with Gasteiger partial charge in [0.15, 0.2) is 0 Å². The largest absolute Gasteiger partial charge is 0.381 e. The molecule has 1 saturated heterocycles. The van der Waals surface area contributed by atoms with Crippen molar-refractivity contribution in [1.82, 2.24) is 10.6 Å². The highest BCUT2D eigenvalue weighted by molar-refractivity contribution is 4.72. The molecule has 1 atom stereocenters. The van der Waals surface area contributed by atoms with Gasteiger partial charge in [0.2, 0.25) is 0 Å². The van der Waals surface area contributed by atoms with Crippen LogP contribution in [0.5, 0.6) is 0 Å². The molecule has 0 radical (unpaired) electrons. The van der Waals surface area contributed by atoms with Crippen molar-refractivity contribution in [3.8, 4) is 0 Å². The summed E-state index contributed by atoms with van der Waals surface area (Å²) in [4.78, 5) is 0. The topological polar surface area (TPSA) is 33.3 Å². The third kappa shape index (κ3) is 7.20. The Morgan fingerprint density at radius 1 is 1.19 bits per heavy atom. The smallest absolute Gasteiger partial charge is 0.0478 e. The summed E-state index contributed by atoms with van der Waals surface area (Å²) in [6.07, 6.45) is 7.48. The molecular formula is C13H28N2O. The Balaban J connectivity index is 1.86. The standard InChI is InChI=1S/C13H28N2O/c1-2-3-11-16-12-5-9-15-13-6-4-8-14-10-7-13/h13-15H,2-12H2,1H3. The first-order valence-corrected chi connectivity index (χ1v) is 6.95. The second kappa shape index (κ2) is 10.1. The second-order valence-electron chi connectivity index (χ2n) is 4.65. The number of nitrogens with one attached hydrogen (secondary N) is 2. The molecule has 0 saturated carbocycles. The molecule has 1 aliphatic heterocycles. The van der Waals surface area contributed by atoms with Gasteiger partial charge in [-0.15, -0.1) is 0 Å². The lowest BCUT2D eigenvalue weighted by molar-refractivity contribution is 0.128. The van der Waals surface area contributed by atoms with E-state index in [1.54, 1.807) is 0 Å². The van der Waals surface area contributed by atoms with Crippen molar-refractivity contribution in [3.05, 3.63) is 0 Å². The normalized spacial score (nSPS) is 21.9. The Labute approximate surface area is 100 Å². The highest BCUT2D eigenvalue weighted by Crippen LogP contribution is 2.04. The zero-order valence-electron chi connectivity index (χ0n) is 10.8. The maximum absolute atomic E-state index is 5.54. The maximum Gasteiger partial charge on any atom is 0.0478 e. The minimum Gasteiger partial charge on any atom is -0.381 e. The van der Waals surface area contributed by atoms with Gasteiger partial charge in [-0.1, -0.05) is 13.3 Å². The van der Waals surface area contributed by atoms with Crippen LogP contribution in [0.15, 0.2) is 0 Å². The highest BCUT2D eigenvalue weighted by Gasteiger charge is 2.09. The molecule has 0 bridgehead atoms. The van der Waals surface area contributed by atoms with Gasteiger partial charge in [0, 0.05) is 19.3 Å². The van der Waals surface area contributed by atoms with E-state index in [4.69, 9.17) is 4.74 Å². The molecule has 1 fully saturated rings. The number of hydrogen-bond acceptors (Lipinski definition) is 3. The van der Waals surface area contributed by atoms with Gasteiger partial charge in [-0.3, -0.25) is 0 Å². The van der Waals surface area contributed by atoms with Crippen molar-refractivity contribution in [2.45, 2.75) is 51.5 Å². The quantitative estimate of drug-likeness (QED) is 0.623. The molecule has 3 nitrogen and oxygen atoms in total. The lowest BCUT2D eigenvalue weighted by Crippen LogP contribution is -2.31. The lowest BCUT2D eigenvalue weighted by atomic mass is 10.1. The van der Waals surface area contributed by atoms with Crippen LogP contribution in [0.25, 0.3) is 0 Å². The fraction of sp³-hybridized carbons (Fsp3) is 1.00. The van der Waals surface area contributed by atoms with E-state index < -0.39 is 0 Å². The van der Waals surface area contributed by atoms with Gasteiger partial charge in [0.1, 0.15) is 0 Å². The summed E-state index contributed by atoms with van der Waals surface area (Å²) in [5, 5.41) is 7.07. The van der Waals surface area contributed by atoms with Gasteiger partial charge in [-0.2, -0.15) is 0 Å². The van der Waals surface area contributed by atoms with Crippen molar-refractivity contribution in [1.29, 1.82) is 0 Å². The van der Waals surface area contributed by atoms with Crippen molar-refractivity contribution in [3.63, 3.8) is 0 Å². The third-order valence-corrected chi connectivity index (χ3v) is 3.12. The molecule has 2 N–H and O–H groups in total. The van der Waals surface area contributed by atoms with Crippen LogP contribution in [0.3, 0.4) is 0 Å². The van der Waals surface area contributed by atoms with E-state index in [1.807, 2.05) is 0 Å². The summed E-state index contributed by atoms with van der Waals surface area (Å²) < 4.78 is 5.54. The number of hydrogen-bond donors (Lipinski definition) is 2. The summed E-state index contributed by atoms with van der Waals surface area (Å²) in [6, 6.07) is 0.727. The van der Waals surface area contributed by atoms with E-state index in [1.165, 1.54) is 45.2 Å². The predicted molar refractivity (Wildman–Crippen MR) is 68.9 cm³/mol. The van der Waals surface area contributed by atoms with E-state index in [0.717, 1.165) is 32.2 Å². The van der Waals surface area contributed by atoms with Gasteiger partial charge in [-0.05, 0) is 51.7 Å². The van der Waals surface area contributed by atoms with Crippen LogP contribution in [0.1, 0.15) is 45.4 Å². The van der Waals surface area contributed by atoms with Crippen LogP contribution >= 0.6 is 0 Å².